The van der Waals surface area contributed by atoms with Crippen molar-refractivity contribution in [2.45, 2.75) is 13.3 Å². The van der Waals surface area contributed by atoms with Crippen molar-refractivity contribution >= 4 is 16.9 Å². The van der Waals surface area contributed by atoms with Crippen LogP contribution in [0.5, 0.6) is 0 Å². The van der Waals surface area contributed by atoms with Gasteiger partial charge in [0.2, 0.25) is 0 Å². The van der Waals surface area contributed by atoms with Crippen molar-refractivity contribution in [2.75, 3.05) is 0 Å². The maximum Gasteiger partial charge on any atom is 0.136 e. The quantitative estimate of drug-likeness (QED) is 0.723. The van der Waals surface area contributed by atoms with Crippen LogP contribution in [0.1, 0.15) is 24.5 Å². The van der Waals surface area contributed by atoms with Crippen LogP contribution in [0.25, 0.3) is 11.2 Å². The molecule has 0 atom stereocenters. The standard InChI is InChI=1S/C18H17FN4/c1-2-15(20)17(18(21)12-3-6-14(19)7-4-12)13-5-8-16-22-9-10-23(16)11-13/h3-11,21H,2,20H2,1H3/b17-15-,21-18?. The molecule has 3 N–H and O–H groups in total. The summed E-state index contributed by atoms with van der Waals surface area (Å²) in [5.74, 6) is -0.324. The fraction of sp³-hybridized carbons (Fsp3) is 0.111. The van der Waals surface area contributed by atoms with Crippen molar-refractivity contribution < 1.29 is 4.39 Å². The van der Waals surface area contributed by atoms with Crippen LogP contribution >= 0.6 is 0 Å². The van der Waals surface area contributed by atoms with E-state index in [1.807, 2.05) is 35.9 Å². The highest BCUT2D eigenvalue weighted by atomic mass is 19.1. The molecule has 0 aliphatic heterocycles. The van der Waals surface area contributed by atoms with Gasteiger partial charge in [0.15, 0.2) is 0 Å². The van der Waals surface area contributed by atoms with Crippen molar-refractivity contribution in [3.63, 3.8) is 0 Å². The summed E-state index contributed by atoms with van der Waals surface area (Å²) in [4.78, 5) is 4.22. The summed E-state index contributed by atoms with van der Waals surface area (Å²) >= 11 is 0. The molecule has 5 heteroatoms. The van der Waals surface area contributed by atoms with E-state index in [9.17, 15) is 4.39 Å². The van der Waals surface area contributed by atoms with Crippen LogP contribution in [0.4, 0.5) is 4.39 Å². The van der Waals surface area contributed by atoms with Gasteiger partial charge in [0.1, 0.15) is 11.5 Å². The van der Waals surface area contributed by atoms with Crippen molar-refractivity contribution in [3.05, 3.63) is 77.6 Å². The van der Waals surface area contributed by atoms with Crippen molar-refractivity contribution in [1.82, 2.24) is 9.38 Å². The molecule has 0 fully saturated rings. The highest BCUT2D eigenvalue weighted by molar-refractivity contribution is 6.30. The number of nitrogens with zero attached hydrogens (tertiary/aromatic N) is 2. The highest BCUT2D eigenvalue weighted by Crippen LogP contribution is 2.24. The van der Waals surface area contributed by atoms with Gasteiger partial charge in [-0.15, -0.1) is 0 Å². The number of pyridine rings is 1. The molecule has 0 radical (unpaired) electrons. The van der Waals surface area contributed by atoms with Crippen molar-refractivity contribution in [1.29, 1.82) is 5.41 Å². The molecule has 0 saturated carbocycles. The van der Waals surface area contributed by atoms with Gasteiger partial charge in [-0.05, 0) is 42.8 Å². The lowest BCUT2D eigenvalue weighted by atomic mass is 9.94. The van der Waals surface area contributed by atoms with Gasteiger partial charge >= 0.3 is 0 Å². The first kappa shape index (κ1) is 15.0. The Bertz CT molecular complexity index is 891. The minimum atomic E-state index is -0.324. The van der Waals surface area contributed by atoms with Gasteiger partial charge in [-0.25, -0.2) is 9.37 Å². The Hall–Kier alpha value is -2.95. The molecule has 23 heavy (non-hydrogen) atoms. The number of hydrogen-bond donors (Lipinski definition) is 2. The number of nitrogens with two attached hydrogens (primary N) is 1. The Balaban J connectivity index is 2.11. The van der Waals surface area contributed by atoms with E-state index in [1.54, 1.807) is 18.3 Å². The lowest BCUT2D eigenvalue weighted by Crippen LogP contribution is -2.11. The molecule has 0 amide bonds. The fourth-order valence-electron chi connectivity index (χ4n) is 2.50. The number of benzene rings is 1. The average Bonchev–Trinajstić information content (AvgIpc) is 3.03. The molecule has 3 aromatic rings. The third kappa shape index (κ3) is 2.85. The number of fused-ring (bicyclic) bond motifs is 1. The molecule has 1 aromatic carbocycles. The van der Waals surface area contributed by atoms with E-state index < -0.39 is 0 Å². The van der Waals surface area contributed by atoms with Gasteiger partial charge in [-0.3, -0.25) is 5.41 Å². The number of rotatable bonds is 4. The molecule has 116 valence electrons. The Morgan fingerprint density at radius 3 is 2.57 bits per heavy atom. The third-order valence-electron chi connectivity index (χ3n) is 3.76. The van der Waals surface area contributed by atoms with Gasteiger partial charge in [0.25, 0.3) is 0 Å². The van der Waals surface area contributed by atoms with Crippen LogP contribution < -0.4 is 5.73 Å². The largest absolute Gasteiger partial charge is 0.401 e. The molecule has 0 aliphatic rings. The van der Waals surface area contributed by atoms with Crippen LogP contribution in [0.15, 0.2) is 60.7 Å². The first-order valence-electron chi connectivity index (χ1n) is 7.36. The van der Waals surface area contributed by atoms with Crippen LogP contribution in [-0.2, 0) is 0 Å². The summed E-state index contributed by atoms with van der Waals surface area (Å²) in [6.45, 7) is 1.95. The Morgan fingerprint density at radius 2 is 1.87 bits per heavy atom. The van der Waals surface area contributed by atoms with E-state index in [4.69, 9.17) is 11.1 Å². The molecule has 0 unspecified atom stereocenters. The molecule has 0 aliphatic carbocycles. The molecular formula is C18H17FN4. The smallest absolute Gasteiger partial charge is 0.136 e. The van der Waals surface area contributed by atoms with Gasteiger partial charge in [0.05, 0.1) is 5.71 Å². The zero-order valence-electron chi connectivity index (χ0n) is 12.8. The summed E-state index contributed by atoms with van der Waals surface area (Å²) in [7, 11) is 0. The zero-order valence-corrected chi connectivity index (χ0v) is 12.8. The minimum absolute atomic E-state index is 0.281. The first-order chi connectivity index (χ1) is 11.1. The van der Waals surface area contributed by atoms with E-state index >= 15 is 0 Å². The molecule has 0 bridgehead atoms. The molecule has 0 spiro atoms. The second-order valence-corrected chi connectivity index (χ2v) is 5.25. The van der Waals surface area contributed by atoms with Gasteiger partial charge in [-0.2, -0.15) is 0 Å². The van der Waals surface area contributed by atoms with Gasteiger partial charge in [0, 0.05) is 41.0 Å². The lowest BCUT2D eigenvalue weighted by Gasteiger charge is -2.14. The van der Waals surface area contributed by atoms with Crippen LogP contribution in [0, 0.1) is 11.2 Å². The fourth-order valence-corrected chi connectivity index (χ4v) is 2.50. The molecule has 4 nitrogen and oxygen atoms in total. The normalized spacial score (nSPS) is 12.3. The molecule has 2 aromatic heterocycles. The van der Waals surface area contributed by atoms with E-state index in [0.717, 1.165) is 11.2 Å². The highest BCUT2D eigenvalue weighted by Gasteiger charge is 2.15. The summed E-state index contributed by atoms with van der Waals surface area (Å²) < 4.78 is 15.0. The SMILES string of the molecule is CC/C(N)=C(/C(=N)c1ccc(F)cc1)c1ccc2nccn2c1. The van der Waals surface area contributed by atoms with Crippen molar-refractivity contribution in [3.8, 4) is 0 Å². The van der Waals surface area contributed by atoms with Crippen LogP contribution in [0.3, 0.4) is 0 Å². The predicted molar refractivity (Wildman–Crippen MR) is 89.8 cm³/mol. The van der Waals surface area contributed by atoms with Crippen LogP contribution in [0.2, 0.25) is 0 Å². The summed E-state index contributed by atoms with van der Waals surface area (Å²) in [5, 5.41) is 8.51. The first-order valence-corrected chi connectivity index (χ1v) is 7.36. The predicted octanol–water partition coefficient (Wildman–Crippen LogP) is 3.62. The Morgan fingerprint density at radius 1 is 1.17 bits per heavy atom. The number of allylic oxidation sites excluding steroid dienone is 2. The molecule has 3 rings (SSSR count). The summed E-state index contributed by atoms with van der Waals surface area (Å²) in [6, 6.07) is 9.67. The van der Waals surface area contributed by atoms with E-state index in [2.05, 4.69) is 4.98 Å². The van der Waals surface area contributed by atoms with Crippen LogP contribution in [-0.4, -0.2) is 15.1 Å². The molecular weight excluding hydrogens is 291 g/mol. The number of halogens is 1. The second-order valence-electron chi connectivity index (χ2n) is 5.25. The minimum Gasteiger partial charge on any atom is -0.401 e. The number of nitrogens with one attached hydrogen (secondary N) is 1. The Kier molecular flexibility index (Phi) is 3.93. The maximum atomic E-state index is 13.1. The topological polar surface area (TPSA) is 67.2 Å². The lowest BCUT2D eigenvalue weighted by molar-refractivity contribution is 0.628. The monoisotopic (exact) mass is 308 g/mol. The molecule has 2 heterocycles. The average molecular weight is 308 g/mol. The molecule has 0 saturated heterocycles. The summed E-state index contributed by atoms with van der Waals surface area (Å²) in [5.41, 5.74) is 10.0. The van der Waals surface area contributed by atoms with Gasteiger partial charge in [-0.1, -0.05) is 6.92 Å². The zero-order chi connectivity index (χ0) is 16.4. The van der Waals surface area contributed by atoms with Gasteiger partial charge < -0.3 is 10.1 Å². The number of imidazole rings is 1. The maximum absolute atomic E-state index is 13.1. The second kappa shape index (κ2) is 6.04. The number of aromatic nitrogens is 2. The number of hydrogen-bond acceptors (Lipinski definition) is 3. The Labute approximate surface area is 133 Å². The van der Waals surface area contributed by atoms with E-state index in [0.29, 0.717) is 23.3 Å². The summed E-state index contributed by atoms with van der Waals surface area (Å²) in [6.07, 6.45) is 6.09. The van der Waals surface area contributed by atoms with E-state index in [-0.39, 0.29) is 11.5 Å². The van der Waals surface area contributed by atoms with Crippen molar-refractivity contribution in [2.24, 2.45) is 5.73 Å². The van der Waals surface area contributed by atoms with E-state index in [1.165, 1.54) is 12.1 Å². The third-order valence-corrected chi connectivity index (χ3v) is 3.76.